The van der Waals surface area contributed by atoms with Crippen LogP contribution in [0.15, 0.2) is 60.9 Å². The zero-order chi connectivity index (χ0) is 15.6. The highest BCUT2D eigenvalue weighted by Gasteiger charge is 2.08. The number of aromatic nitrogens is 2. The Hall–Kier alpha value is -2.94. The summed E-state index contributed by atoms with van der Waals surface area (Å²) in [5.41, 5.74) is 6.17. The number of rotatable bonds is 2. The summed E-state index contributed by atoms with van der Waals surface area (Å²) in [5.74, 6) is 0. The molecule has 0 radical (unpaired) electrons. The van der Waals surface area contributed by atoms with Crippen molar-refractivity contribution in [1.82, 2.24) is 14.9 Å². The molecule has 0 fully saturated rings. The number of benzene rings is 2. The molecule has 23 heavy (non-hydrogen) atoms. The highest BCUT2D eigenvalue weighted by molar-refractivity contribution is 5.79. The average Bonchev–Trinajstić information content (AvgIpc) is 2.76. The van der Waals surface area contributed by atoms with Gasteiger partial charge in [0.2, 0.25) is 0 Å². The van der Waals surface area contributed by atoms with Gasteiger partial charge in [0.25, 0.3) is 0 Å². The van der Waals surface area contributed by atoms with Crippen molar-refractivity contribution in [2.75, 3.05) is 0 Å². The smallest absolute Gasteiger partial charge is 0.0909 e. The molecular formula is C20H17N3. The van der Waals surface area contributed by atoms with Crippen molar-refractivity contribution in [3.05, 3.63) is 83.4 Å². The van der Waals surface area contributed by atoms with Gasteiger partial charge in [0.1, 0.15) is 0 Å². The van der Waals surface area contributed by atoms with Crippen LogP contribution in [0.2, 0.25) is 0 Å². The molecule has 1 aliphatic rings. The molecule has 112 valence electrons. The number of nitrogens with zero attached hydrogens (tertiary/aromatic N) is 3. The number of hydrogen-bond acceptors (Lipinski definition) is 3. The Bertz CT molecular complexity index is 911. The Kier molecular flexibility index (Phi) is 3.39. The van der Waals surface area contributed by atoms with Gasteiger partial charge in [0.15, 0.2) is 0 Å². The first-order valence-electron chi connectivity index (χ1n) is 7.72. The van der Waals surface area contributed by atoms with E-state index in [2.05, 4.69) is 60.6 Å². The van der Waals surface area contributed by atoms with Gasteiger partial charge in [-0.25, -0.2) is 9.97 Å². The van der Waals surface area contributed by atoms with Crippen molar-refractivity contribution in [3.63, 3.8) is 0 Å². The fourth-order valence-corrected chi connectivity index (χ4v) is 2.72. The van der Waals surface area contributed by atoms with Gasteiger partial charge in [-0.3, -0.25) is 0 Å². The van der Waals surface area contributed by atoms with Gasteiger partial charge in [-0.1, -0.05) is 36.4 Å². The van der Waals surface area contributed by atoms with E-state index in [-0.39, 0.29) is 0 Å². The van der Waals surface area contributed by atoms with Crippen LogP contribution in [0.3, 0.4) is 0 Å². The van der Waals surface area contributed by atoms with Crippen molar-refractivity contribution >= 4 is 23.2 Å². The van der Waals surface area contributed by atoms with Crippen LogP contribution in [0.25, 0.3) is 23.2 Å². The minimum atomic E-state index is 0.834. The molecular weight excluding hydrogens is 282 g/mol. The van der Waals surface area contributed by atoms with E-state index in [1.165, 1.54) is 11.1 Å². The third-order valence-electron chi connectivity index (χ3n) is 3.93. The largest absolute Gasteiger partial charge is 0.350 e. The predicted octanol–water partition coefficient (Wildman–Crippen LogP) is 4.40. The first-order valence-corrected chi connectivity index (χ1v) is 7.72. The van der Waals surface area contributed by atoms with Gasteiger partial charge in [0, 0.05) is 18.9 Å². The zero-order valence-corrected chi connectivity index (χ0v) is 13.0. The van der Waals surface area contributed by atoms with Crippen LogP contribution in [0.4, 0.5) is 0 Å². The molecule has 1 aliphatic heterocycles. The second kappa shape index (κ2) is 5.69. The highest BCUT2D eigenvalue weighted by Crippen LogP contribution is 2.20. The first-order chi connectivity index (χ1) is 11.3. The second-order valence-electron chi connectivity index (χ2n) is 5.78. The number of hydrogen-bond donors (Lipinski definition) is 0. The van der Waals surface area contributed by atoms with E-state index < -0.39 is 0 Å². The predicted molar refractivity (Wildman–Crippen MR) is 94.3 cm³/mol. The minimum absolute atomic E-state index is 0.834. The minimum Gasteiger partial charge on any atom is -0.350 e. The van der Waals surface area contributed by atoms with Gasteiger partial charge in [-0.2, -0.15) is 0 Å². The molecule has 0 atom stereocenters. The van der Waals surface area contributed by atoms with Gasteiger partial charge in [0.05, 0.1) is 22.4 Å². The molecule has 4 rings (SSSR count). The summed E-state index contributed by atoms with van der Waals surface area (Å²) in [6.07, 6.45) is 8.19. The highest BCUT2D eigenvalue weighted by atomic mass is 15.1. The summed E-state index contributed by atoms with van der Waals surface area (Å²) in [6, 6.07) is 16.6. The van der Waals surface area contributed by atoms with Crippen LogP contribution in [-0.4, -0.2) is 14.9 Å². The van der Waals surface area contributed by atoms with Gasteiger partial charge >= 0.3 is 0 Å². The summed E-state index contributed by atoms with van der Waals surface area (Å²) in [6.45, 7) is 2.91. The zero-order valence-electron chi connectivity index (χ0n) is 13.0. The molecule has 0 N–H and O–H groups in total. The Morgan fingerprint density at radius 1 is 0.826 bits per heavy atom. The van der Waals surface area contributed by atoms with Crippen LogP contribution in [0.1, 0.15) is 22.5 Å². The van der Waals surface area contributed by atoms with Crippen molar-refractivity contribution < 1.29 is 0 Å². The maximum Gasteiger partial charge on any atom is 0.0909 e. The Morgan fingerprint density at radius 3 is 2.26 bits per heavy atom. The van der Waals surface area contributed by atoms with Gasteiger partial charge in [-0.05, 0) is 42.3 Å². The monoisotopic (exact) mass is 299 g/mol. The summed E-state index contributed by atoms with van der Waals surface area (Å²) >= 11 is 0. The SMILES string of the molecule is Cc1ccc2nc3c(nc2c1)C=CN(Cc1ccccc1)C=C3. The van der Waals surface area contributed by atoms with Gasteiger partial charge < -0.3 is 4.90 Å². The number of fused-ring (bicyclic) bond motifs is 2. The Labute approximate surface area is 135 Å². The molecule has 3 heteroatoms. The average molecular weight is 299 g/mol. The fourth-order valence-electron chi connectivity index (χ4n) is 2.72. The van der Waals surface area contributed by atoms with Crippen molar-refractivity contribution in [2.45, 2.75) is 13.5 Å². The van der Waals surface area contributed by atoms with Gasteiger partial charge in [-0.15, -0.1) is 0 Å². The second-order valence-corrected chi connectivity index (χ2v) is 5.78. The third kappa shape index (κ3) is 2.86. The normalized spacial score (nSPS) is 13.2. The molecule has 0 aliphatic carbocycles. The van der Waals surface area contributed by atoms with Crippen molar-refractivity contribution in [2.24, 2.45) is 0 Å². The summed E-state index contributed by atoms with van der Waals surface area (Å²) in [5, 5.41) is 0. The third-order valence-corrected chi connectivity index (χ3v) is 3.93. The maximum atomic E-state index is 4.75. The van der Waals surface area contributed by atoms with Crippen LogP contribution >= 0.6 is 0 Å². The summed E-state index contributed by atoms with van der Waals surface area (Å²) in [7, 11) is 0. The summed E-state index contributed by atoms with van der Waals surface area (Å²) in [4.78, 5) is 11.6. The van der Waals surface area contributed by atoms with E-state index in [4.69, 9.17) is 9.97 Å². The molecule has 3 aromatic rings. The molecule has 0 bridgehead atoms. The Balaban J connectivity index is 1.68. The Morgan fingerprint density at radius 2 is 1.52 bits per heavy atom. The van der Waals surface area contributed by atoms with Crippen LogP contribution < -0.4 is 0 Å². The molecule has 3 nitrogen and oxygen atoms in total. The molecule has 0 unspecified atom stereocenters. The molecule has 1 aromatic heterocycles. The van der Waals surface area contributed by atoms with Crippen molar-refractivity contribution in [3.8, 4) is 0 Å². The lowest BCUT2D eigenvalue weighted by atomic mass is 10.2. The van der Waals surface area contributed by atoms with E-state index in [1.54, 1.807) is 0 Å². The molecule has 0 saturated carbocycles. The molecule has 0 amide bonds. The molecule has 2 aromatic carbocycles. The lowest BCUT2D eigenvalue weighted by Gasteiger charge is -2.14. The first kappa shape index (κ1) is 13.7. The fraction of sp³-hybridized carbons (Fsp3) is 0.100. The standard InChI is InChI=1S/C20H17N3/c1-15-7-8-17-20(13-15)22-19-10-12-23(11-9-18(19)21-17)14-16-5-3-2-4-6-16/h2-13H,14H2,1H3. The van der Waals surface area contributed by atoms with E-state index >= 15 is 0 Å². The lowest BCUT2D eigenvalue weighted by Crippen LogP contribution is -2.07. The van der Waals surface area contributed by atoms with Crippen LogP contribution in [-0.2, 0) is 6.54 Å². The molecule has 2 heterocycles. The van der Waals surface area contributed by atoms with Crippen LogP contribution in [0, 0.1) is 6.92 Å². The van der Waals surface area contributed by atoms with E-state index in [0.29, 0.717) is 0 Å². The molecule has 0 saturated heterocycles. The quantitative estimate of drug-likeness (QED) is 0.702. The van der Waals surface area contributed by atoms with E-state index in [9.17, 15) is 0 Å². The maximum absolute atomic E-state index is 4.75. The van der Waals surface area contributed by atoms with Crippen LogP contribution in [0.5, 0.6) is 0 Å². The topological polar surface area (TPSA) is 29.0 Å². The van der Waals surface area contributed by atoms with Crippen molar-refractivity contribution in [1.29, 1.82) is 0 Å². The van der Waals surface area contributed by atoms with E-state index in [1.807, 2.05) is 24.3 Å². The summed E-state index contributed by atoms with van der Waals surface area (Å²) < 4.78 is 0. The molecule has 0 spiro atoms. The lowest BCUT2D eigenvalue weighted by molar-refractivity contribution is 0.508. The van der Waals surface area contributed by atoms with E-state index in [0.717, 1.165) is 29.0 Å². The number of aryl methyl sites for hydroxylation is 1.